The highest BCUT2D eigenvalue weighted by molar-refractivity contribution is 9.11. The van der Waals surface area contributed by atoms with Crippen molar-refractivity contribution in [1.82, 2.24) is 0 Å². The van der Waals surface area contributed by atoms with Crippen LogP contribution in [-0.4, -0.2) is 11.1 Å². The molecule has 0 aliphatic heterocycles. The number of aliphatic carboxylic acids is 1. The summed E-state index contributed by atoms with van der Waals surface area (Å²) < 4.78 is 1.08. The Labute approximate surface area is 108 Å². The molecule has 0 atom stereocenters. The van der Waals surface area contributed by atoms with Crippen LogP contribution in [0.1, 0.15) is 37.0 Å². The Morgan fingerprint density at radius 3 is 2.56 bits per heavy atom. The molecule has 0 aromatic carbocycles. The standard InChI is InChI=1S/C12H15BrO2S/c13-10-5-4-9(16-10)8-12(11(14)15)6-2-1-3-7-12/h4-5H,1-3,6-8H2,(H,14,15). The second-order valence-corrected chi connectivity index (χ2v) is 7.08. The van der Waals surface area contributed by atoms with E-state index in [1.165, 1.54) is 11.3 Å². The summed E-state index contributed by atoms with van der Waals surface area (Å²) in [6.45, 7) is 0. The predicted octanol–water partition coefficient (Wildman–Crippen LogP) is 4.09. The lowest BCUT2D eigenvalue weighted by atomic mass is 9.71. The molecule has 0 bridgehead atoms. The van der Waals surface area contributed by atoms with Crippen LogP contribution in [-0.2, 0) is 11.2 Å². The molecule has 1 aliphatic rings. The molecule has 0 unspecified atom stereocenters. The van der Waals surface area contributed by atoms with E-state index in [9.17, 15) is 9.90 Å². The SMILES string of the molecule is O=C(O)C1(Cc2ccc(Br)s2)CCCCC1. The number of hydrogen-bond donors (Lipinski definition) is 1. The van der Waals surface area contributed by atoms with Gasteiger partial charge in [-0.15, -0.1) is 11.3 Å². The Bertz CT molecular complexity index is 380. The molecule has 4 heteroatoms. The number of carboxylic acids is 1. The maximum Gasteiger partial charge on any atom is 0.309 e. The highest BCUT2D eigenvalue weighted by atomic mass is 79.9. The van der Waals surface area contributed by atoms with Crippen LogP contribution in [0.2, 0.25) is 0 Å². The minimum atomic E-state index is -0.614. The first-order valence-electron chi connectivity index (χ1n) is 5.60. The number of carboxylic acid groups (broad SMARTS) is 1. The predicted molar refractivity (Wildman–Crippen MR) is 68.9 cm³/mol. The topological polar surface area (TPSA) is 37.3 Å². The van der Waals surface area contributed by atoms with Gasteiger partial charge in [0.15, 0.2) is 0 Å². The molecule has 1 aromatic heterocycles. The number of carbonyl (C=O) groups is 1. The summed E-state index contributed by atoms with van der Waals surface area (Å²) in [5.74, 6) is -0.614. The third kappa shape index (κ3) is 2.48. The first kappa shape index (κ1) is 12.1. The summed E-state index contributed by atoms with van der Waals surface area (Å²) in [6, 6.07) is 4.03. The van der Waals surface area contributed by atoms with E-state index in [-0.39, 0.29) is 0 Å². The Morgan fingerprint density at radius 2 is 2.06 bits per heavy atom. The summed E-state index contributed by atoms with van der Waals surface area (Å²) in [4.78, 5) is 12.7. The third-order valence-corrected chi connectivity index (χ3v) is 5.03. The molecule has 1 N–H and O–H groups in total. The molecule has 16 heavy (non-hydrogen) atoms. The fraction of sp³-hybridized carbons (Fsp3) is 0.583. The second-order valence-electron chi connectivity index (χ2n) is 4.53. The Hall–Kier alpha value is -0.350. The van der Waals surface area contributed by atoms with Crippen molar-refractivity contribution in [3.05, 3.63) is 20.8 Å². The van der Waals surface area contributed by atoms with E-state index in [4.69, 9.17) is 0 Å². The van der Waals surface area contributed by atoms with Crippen LogP contribution < -0.4 is 0 Å². The van der Waals surface area contributed by atoms with Gasteiger partial charge in [0.2, 0.25) is 0 Å². The summed E-state index contributed by atoms with van der Waals surface area (Å²) in [5, 5.41) is 9.45. The lowest BCUT2D eigenvalue weighted by molar-refractivity contribution is -0.151. The lowest BCUT2D eigenvalue weighted by Crippen LogP contribution is -2.35. The minimum absolute atomic E-state index is 0.497. The molecule has 1 fully saturated rings. The number of halogens is 1. The van der Waals surface area contributed by atoms with Crippen molar-refractivity contribution in [2.45, 2.75) is 38.5 Å². The van der Waals surface area contributed by atoms with Crippen molar-refractivity contribution in [3.8, 4) is 0 Å². The lowest BCUT2D eigenvalue weighted by Gasteiger charge is -2.32. The molecular weight excluding hydrogens is 288 g/mol. The highest BCUT2D eigenvalue weighted by Gasteiger charge is 2.39. The fourth-order valence-corrected chi connectivity index (χ4v) is 4.10. The largest absolute Gasteiger partial charge is 0.481 e. The molecule has 1 heterocycles. The average molecular weight is 303 g/mol. The molecule has 1 saturated carbocycles. The highest BCUT2D eigenvalue weighted by Crippen LogP contribution is 2.41. The van der Waals surface area contributed by atoms with E-state index in [1.54, 1.807) is 11.3 Å². The van der Waals surface area contributed by atoms with Crippen LogP contribution in [0.4, 0.5) is 0 Å². The quantitative estimate of drug-likeness (QED) is 0.913. The zero-order valence-corrected chi connectivity index (χ0v) is 11.4. The molecule has 2 rings (SSSR count). The summed E-state index contributed by atoms with van der Waals surface area (Å²) in [6.07, 6.45) is 5.65. The average Bonchev–Trinajstić information content (AvgIpc) is 2.65. The van der Waals surface area contributed by atoms with Crippen molar-refractivity contribution in [1.29, 1.82) is 0 Å². The number of rotatable bonds is 3. The van der Waals surface area contributed by atoms with Gasteiger partial charge in [0.05, 0.1) is 9.20 Å². The number of hydrogen-bond acceptors (Lipinski definition) is 2. The van der Waals surface area contributed by atoms with E-state index >= 15 is 0 Å². The van der Waals surface area contributed by atoms with Crippen molar-refractivity contribution < 1.29 is 9.90 Å². The summed E-state index contributed by atoms with van der Waals surface area (Å²) in [7, 11) is 0. The van der Waals surface area contributed by atoms with Gasteiger partial charge in [0, 0.05) is 4.88 Å². The molecule has 1 aromatic rings. The Kier molecular flexibility index (Phi) is 3.70. The second kappa shape index (κ2) is 4.88. The van der Waals surface area contributed by atoms with Gasteiger partial charge in [0.1, 0.15) is 0 Å². The Balaban J connectivity index is 2.16. The van der Waals surface area contributed by atoms with Crippen LogP contribution in [0.5, 0.6) is 0 Å². The van der Waals surface area contributed by atoms with Gasteiger partial charge in [-0.3, -0.25) is 4.79 Å². The van der Waals surface area contributed by atoms with Crippen molar-refractivity contribution >= 4 is 33.2 Å². The minimum Gasteiger partial charge on any atom is -0.481 e. The molecular formula is C12H15BrO2S. The van der Waals surface area contributed by atoms with Crippen molar-refractivity contribution in [3.63, 3.8) is 0 Å². The first-order chi connectivity index (χ1) is 7.62. The molecule has 0 amide bonds. The van der Waals surface area contributed by atoms with Gasteiger partial charge in [-0.25, -0.2) is 0 Å². The van der Waals surface area contributed by atoms with E-state index < -0.39 is 11.4 Å². The maximum atomic E-state index is 11.5. The van der Waals surface area contributed by atoms with Crippen molar-refractivity contribution in [2.24, 2.45) is 5.41 Å². The van der Waals surface area contributed by atoms with Crippen LogP contribution in [0.3, 0.4) is 0 Å². The monoisotopic (exact) mass is 302 g/mol. The van der Waals surface area contributed by atoms with Gasteiger partial charge >= 0.3 is 5.97 Å². The van der Waals surface area contributed by atoms with E-state index in [0.29, 0.717) is 6.42 Å². The van der Waals surface area contributed by atoms with E-state index in [1.807, 2.05) is 12.1 Å². The summed E-state index contributed by atoms with van der Waals surface area (Å²) in [5.41, 5.74) is -0.497. The zero-order chi connectivity index (χ0) is 11.6. The van der Waals surface area contributed by atoms with Crippen LogP contribution in [0.15, 0.2) is 15.9 Å². The molecule has 0 radical (unpaired) electrons. The fourth-order valence-electron chi connectivity index (χ4n) is 2.48. The maximum absolute atomic E-state index is 11.5. The third-order valence-electron chi connectivity index (χ3n) is 3.41. The van der Waals surface area contributed by atoms with E-state index in [0.717, 1.165) is 29.5 Å². The van der Waals surface area contributed by atoms with E-state index in [2.05, 4.69) is 15.9 Å². The van der Waals surface area contributed by atoms with Gasteiger partial charge in [-0.05, 0) is 47.3 Å². The molecule has 0 spiro atoms. The molecule has 88 valence electrons. The summed E-state index contributed by atoms with van der Waals surface area (Å²) >= 11 is 5.07. The van der Waals surface area contributed by atoms with Gasteiger partial charge < -0.3 is 5.11 Å². The first-order valence-corrected chi connectivity index (χ1v) is 7.21. The number of thiophene rings is 1. The zero-order valence-electron chi connectivity index (χ0n) is 9.04. The van der Waals surface area contributed by atoms with Gasteiger partial charge in [0.25, 0.3) is 0 Å². The van der Waals surface area contributed by atoms with Crippen LogP contribution >= 0.6 is 27.3 Å². The molecule has 0 saturated heterocycles. The molecule has 2 nitrogen and oxygen atoms in total. The van der Waals surface area contributed by atoms with Gasteiger partial charge in [-0.1, -0.05) is 19.3 Å². The Morgan fingerprint density at radius 1 is 1.38 bits per heavy atom. The van der Waals surface area contributed by atoms with Crippen molar-refractivity contribution in [2.75, 3.05) is 0 Å². The van der Waals surface area contributed by atoms with Gasteiger partial charge in [-0.2, -0.15) is 0 Å². The normalized spacial score (nSPS) is 19.6. The van der Waals surface area contributed by atoms with Crippen LogP contribution in [0.25, 0.3) is 0 Å². The molecule has 1 aliphatic carbocycles. The van der Waals surface area contributed by atoms with Crippen LogP contribution in [0, 0.1) is 5.41 Å². The smallest absolute Gasteiger partial charge is 0.309 e.